The zero-order valence-corrected chi connectivity index (χ0v) is 42.7. The second kappa shape index (κ2) is 13.9. The number of furan rings is 2. The Morgan fingerprint density at radius 3 is 1.07 bits per heavy atom. The summed E-state index contributed by atoms with van der Waals surface area (Å²) in [6, 6.07) is 59.4. The molecule has 0 bridgehead atoms. The van der Waals surface area contributed by atoms with Crippen LogP contribution in [0.15, 0.2) is 167 Å². The lowest BCUT2D eigenvalue weighted by molar-refractivity contribution is 0.601. The summed E-state index contributed by atoms with van der Waals surface area (Å²) >= 11 is 0. The molecule has 4 heterocycles. The molecule has 0 saturated heterocycles. The van der Waals surface area contributed by atoms with Crippen molar-refractivity contribution in [3.05, 3.63) is 180 Å². The number of anilines is 6. The van der Waals surface area contributed by atoms with Crippen LogP contribution in [-0.2, 0) is 10.8 Å². The maximum atomic E-state index is 7.24. The molecule has 0 saturated carbocycles. The van der Waals surface area contributed by atoms with Crippen molar-refractivity contribution in [3.8, 4) is 0 Å². The molecule has 0 amide bonds. The smallest absolute Gasteiger partial charge is 0.141 e. The average Bonchev–Trinajstić information content (AvgIpc) is 3.86. The van der Waals surface area contributed by atoms with E-state index in [4.69, 9.17) is 8.83 Å². The maximum absolute atomic E-state index is 7.24. The molecule has 0 fully saturated rings. The van der Waals surface area contributed by atoms with E-state index in [1.165, 1.54) is 65.5 Å². The molecule has 2 aliphatic rings. The van der Waals surface area contributed by atoms with Crippen molar-refractivity contribution in [1.29, 1.82) is 0 Å². The second-order valence-corrected chi connectivity index (χ2v) is 32.8. The van der Waals surface area contributed by atoms with E-state index in [2.05, 4.69) is 235 Å². The molecule has 0 radical (unpaired) electrons. The Labute approximate surface area is 400 Å². The van der Waals surface area contributed by atoms with Crippen LogP contribution >= 0.6 is 0 Å². The monoisotopic (exact) mass is 916 g/mol. The van der Waals surface area contributed by atoms with E-state index >= 15 is 0 Å². The lowest BCUT2D eigenvalue weighted by Crippen LogP contribution is -2.37. The van der Waals surface area contributed by atoms with Crippen LogP contribution in [0.25, 0.3) is 65.4 Å². The Kier molecular flexibility index (Phi) is 8.43. The van der Waals surface area contributed by atoms with Gasteiger partial charge in [-0.1, -0.05) is 150 Å². The summed E-state index contributed by atoms with van der Waals surface area (Å²) in [7, 11) is -3.00. The number of nitrogens with zero attached hydrogens (tertiary/aromatic N) is 2. The summed E-state index contributed by atoms with van der Waals surface area (Å²) in [5.41, 5.74) is 14.9. The number of hydrogen-bond acceptors (Lipinski definition) is 4. The van der Waals surface area contributed by atoms with Gasteiger partial charge in [-0.3, -0.25) is 0 Å². The van der Waals surface area contributed by atoms with Gasteiger partial charge < -0.3 is 18.6 Å². The van der Waals surface area contributed by atoms with Crippen LogP contribution in [0.2, 0.25) is 39.3 Å². The molecule has 4 nitrogen and oxygen atoms in total. The van der Waals surface area contributed by atoms with Gasteiger partial charge in [0.05, 0.1) is 38.9 Å². The molecule has 13 rings (SSSR count). The molecule has 2 aliphatic heterocycles. The molecule has 9 aromatic carbocycles. The molecule has 0 spiro atoms. The third-order valence-electron chi connectivity index (χ3n) is 15.6. The van der Waals surface area contributed by atoms with Gasteiger partial charge in [0.15, 0.2) is 0 Å². The van der Waals surface area contributed by atoms with Gasteiger partial charge in [-0.05, 0) is 118 Å². The van der Waals surface area contributed by atoms with Crippen molar-refractivity contribution < 1.29 is 8.83 Å². The largest absolute Gasteiger partial charge is 0.456 e. The van der Waals surface area contributed by atoms with Crippen LogP contribution < -0.4 is 20.2 Å². The predicted molar refractivity (Wildman–Crippen MR) is 296 cm³/mol. The van der Waals surface area contributed by atoms with Crippen LogP contribution in [0.4, 0.5) is 34.1 Å². The van der Waals surface area contributed by atoms with Crippen molar-refractivity contribution in [2.45, 2.75) is 77.8 Å². The molecule has 0 atom stereocenters. The summed E-state index contributed by atoms with van der Waals surface area (Å²) in [5, 5.41) is 12.2. The van der Waals surface area contributed by atoms with Gasteiger partial charge in [0.2, 0.25) is 0 Å². The highest BCUT2D eigenvalue weighted by Gasteiger charge is 2.42. The maximum Gasteiger partial charge on any atom is 0.141 e. The topological polar surface area (TPSA) is 32.8 Å². The van der Waals surface area contributed by atoms with E-state index in [0.717, 1.165) is 66.6 Å². The first-order chi connectivity index (χ1) is 32.5. The molecule has 0 N–H and O–H groups in total. The van der Waals surface area contributed by atoms with Crippen molar-refractivity contribution >= 4 is 126 Å². The summed E-state index contributed by atoms with van der Waals surface area (Å²) in [6.07, 6.45) is 0. The van der Waals surface area contributed by atoms with Crippen molar-refractivity contribution in [3.63, 3.8) is 0 Å². The zero-order valence-electron chi connectivity index (χ0n) is 40.7. The molecule has 2 aromatic heterocycles. The van der Waals surface area contributed by atoms with Crippen LogP contribution in [0.5, 0.6) is 0 Å². The Balaban J connectivity index is 1.02. The van der Waals surface area contributed by atoms with Crippen molar-refractivity contribution in [2.24, 2.45) is 0 Å². The Morgan fingerprint density at radius 2 is 0.721 bits per heavy atom. The number of hydrogen-bond donors (Lipinski definition) is 0. The first-order valence-electron chi connectivity index (χ1n) is 24.2. The highest BCUT2D eigenvalue weighted by atomic mass is 28.3. The molecule has 6 heteroatoms. The van der Waals surface area contributed by atoms with Gasteiger partial charge in [0.25, 0.3) is 0 Å². The minimum atomic E-state index is -1.50. The quantitative estimate of drug-likeness (QED) is 0.165. The number of fused-ring (bicyclic) bond motifs is 14. The minimum absolute atomic E-state index is 0.365. The molecular weight excluding hydrogens is 861 g/mol. The molecular formula is C62H56N2O2Si2. The van der Waals surface area contributed by atoms with Gasteiger partial charge in [-0.2, -0.15) is 0 Å². The van der Waals surface area contributed by atoms with Crippen LogP contribution in [0.3, 0.4) is 0 Å². The highest BCUT2D eigenvalue weighted by molar-refractivity contribution is 6.89. The molecule has 0 unspecified atom stereocenters. The Bertz CT molecular complexity index is 3680. The number of rotatable bonds is 4. The fourth-order valence-corrected chi connectivity index (χ4v) is 14.2. The van der Waals surface area contributed by atoms with Crippen molar-refractivity contribution in [2.75, 3.05) is 9.80 Å². The summed E-state index contributed by atoms with van der Waals surface area (Å²) in [4.78, 5) is 4.94. The van der Waals surface area contributed by atoms with E-state index in [-0.39, 0.29) is 10.8 Å². The second-order valence-electron chi connectivity index (χ2n) is 22.7. The number of benzene rings is 9. The van der Waals surface area contributed by atoms with Gasteiger partial charge in [-0.25, -0.2) is 0 Å². The van der Waals surface area contributed by atoms with E-state index in [0.29, 0.717) is 0 Å². The zero-order chi connectivity index (χ0) is 46.8. The SMILES string of the molecule is CC1(C)c2cc3ccccc3cc2N(c2ccc([Si](C)(C)C)cc2)c2ccc3c(oc4cc5c(cc43)oc3c4c(ccc35)N(c3ccc([Si](C)(C)C)cc3)c3cc5ccccc5cc3C4(C)C)c21. The van der Waals surface area contributed by atoms with E-state index in [1.807, 2.05) is 0 Å². The lowest BCUT2D eigenvalue weighted by Gasteiger charge is -2.42. The fraction of sp³-hybridized carbons (Fsp3) is 0.194. The van der Waals surface area contributed by atoms with Crippen molar-refractivity contribution in [1.82, 2.24) is 0 Å². The highest BCUT2D eigenvalue weighted by Crippen LogP contribution is 2.58. The lowest BCUT2D eigenvalue weighted by atomic mass is 9.72. The van der Waals surface area contributed by atoms with Gasteiger partial charge in [-0.15, -0.1) is 0 Å². The van der Waals surface area contributed by atoms with Gasteiger partial charge in [0.1, 0.15) is 22.3 Å². The summed E-state index contributed by atoms with van der Waals surface area (Å²) in [5.74, 6) is 0. The molecule has 11 aromatic rings. The van der Waals surface area contributed by atoms with Crippen LogP contribution in [-0.4, -0.2) is 16.1 Å². The van der Waals surface area contributed by atoms with Crippen LogP contribution in [0.1, 0.15) is 49.9 Å². The summed E-state index contributed by atoms with van der Waals surface area (Å²) < 4.78 is 14.5. The fourth-order valence-electron chi connectivity index (χ4n) is 11.9. The molecule has 68 heavy (non-hydrogen) atoms. The van der Waals surface area contributed by atoms with Gasteiger partial charge >= 0.3 is 0 Å². The Morgan fingerprint density at radius 1 is 0.368 bits per heavy atom. The first-order valence-corrected chi connectivity index (χ1v) is 31.2. The summed E-state index contributed by atoms with van der Waals surface area (Å²) in [6.45, 7) is 24.0. The predicted octanol–water partition coefficient (Wildman–Crippen LogP) is 17.1. The van der Waals surface area contributed by atoms with Crippen LogP contribution in [0, 0.1) is 0 Å². The molecule has 334 valence electrons. The normalized spacial score (nSPS) is 15.4. The standard InChI is InChI=1S/C62H56N2O2Si2/c1-61(2)49-31-37-15-11-13-17-39(37)33-53(49)63(41-19-23-43(24-20-41)67(5,6)7)51-29-27-45-47-35-56-48(36-55(47)65-59(45)57(51)61)46-28-30-52-58(60(46)66-56)62(3,4)50-32-38-16-12-14-18-40(38)34-54(50)64(52)42-21-25-44(26-22-42)68(8,9)10/h11-36H,1-10H3. The molecule has 0 aliphatic carbocycles. The Hall–Kier alpha value is -6.87. The first kappa shape index (κ1) is 41.3. The van der Waals surface area contributed by atoms with E-state index < -0.39 is 16.1 Å². The third-order valence-corrected chi connectivity index (χ3v) is 19.8. The van der Waals surface area contributed by atoms with E-state index in [1.54, 1.807) is 0 Å². The van der Waals surface area contributed by atoms with E-state index in [9.17, 15) is 0 Å². The van der Waals surface area contributed by atoms with Gasteiger partial charge in [0, 0.05) is 54.9 Å². The average molecular weight is 917 g/mol. The third kappa shape index (κ3) is 5.83. The minimum Gasteiger partial charge on any atom is -0.456 e.